The highest BCUT2D eigenvalue weighted by Gasteiger charge is 2.23. The number of nitrogens with one attached hydrogen (secondary N) is 1. The van der Waals surface area contributed by atoms with E-state index in [0.717, 1.165) is 19.8 Å². The van der Waals surface area contributed by atoms with Gasteiger partial charge in [0.05, 0.1) is 6.61 Å². The van der Waals surface area contributed by atoms with Crippen LogP contribution in [0, 0.1) is 6.92 Å². The van der Waals surface area contributed by atoms with E-state index in [1.54, 1.807) is 5.56 Å². The first-order valence-electron chi connectivity index (χ1n) is 5.12. The molecule has 3 heteroatoms. The molecule has 2 nitrogen and oxygen atoms in total. The molecule has 1 aromatic rings. The average molecular weight is 211 g/mol. The first kappa shape index (κ1) is 10.1. The molecule has 14 heavy (non-hydrogen) atoms. The largest absolute Gasteiger partial charge is 0.381 e. The van der Waals surface area contributed by atoms with Crippen molar-refractivity contribution in [2.45, 2.75) is 25.8 Å². The SMILES string of the molecule is CNCc1csc(C)c1C1CCOC1. The van der Waals surface area contributed by atoms with Crippen molar-refractivity contribution in [1.29, 1.82) is 0 Å². The van der Waals surface area contributed by atoms with Crippen molar-refractivity contribution >= 4 is 11.3 Å². The highest BCUT2D eigenvalue weighted by Crippen LogP contribution is 2.34. The van der Waals surface area contributed by atoms with Gasteiger partial charge in [-0.05, 0) is 36.9 Å². The Morgan fingerprint density at radius 3 is 3.14 bits per heavy atom. The van der Waals surface area contributed by atoms with Crippen molar-refractivity contribution in [3.8, 4) is 0 Å². The Kier molecular flexibility index (Phi) is 3.21. The summed E-state index contributed by atoms with van der Waals surface area (Å²) >= 11 is 1.86. The van der Waals surface area contributed by atoms with Crippen LogP contribution in [0.1, 0.15) is 28.3 Å². The van der Waals surface area contributed by atoms with E-state index < -0.39 is 0 Å². The van der Waals surface area contributed by atoms with Crippen LogP contribution in [0.4, 0.5) is 0 Å². The maximum atomic E-state index is 5.45. The number of hydrogen-bond acceptors (Lipinski definition) is 3. The van der Waals surface area contributed by atoms with E-state index in [1.807, 2.05) is 18.4 Å². The zero-order valence-corrected chi connectivity index (χ0v) is 9.62. The maximum absolute atomic E-state index is 5.45. The molecule has 0 amide bonds. The standard InChI is InChI=1S/C11H17NOS/c1-8-11(9-3-4-13-6-9)10(5-12-2)7-14-8/h7,9,12H,3-6H2,1-2H3. The van der Waals surface area contributed by atoms with Gasteiger partial charge in [-0.25, -0.2) is 0 Å². The van der Waals surface area contributed by atoms with Gasteiger partial charge in [-0.15, -0.1) is 11.3 Å². The number of thiophene rings is 1. The predicted molar refractivity (Wildman–Crippen MR) is 60.0 cm³/mol. The lowest BCUT2D eigenvalue weighted by molar-refractivity contribution is 0.194. The summed E-state index contributed by atoms with van der Waals surface area (Å²) in [4.78, 5) is 1.46. The van der Waals surface area contributed by atoms with E-state index in [-0.39, 0.29) is 0 Å². The molecule has 0 saturated carbocycles. The van der Waals surface area contributed by atoms with E-state index in [4.69, 9.17) is 4.74 Å². The number of rotatable bonds is 3. The van der Waals surface area contributed by atoms with Crippen molar-refractivity contribution in [3.05, 3.63) is 21.4 Å². The van der Waals surface area contributed by atoms with Crippen LogP contribution >= 0.6 is 11.3 Å². The Morgan fingerprint density at radius 1 is 1.64 bits per heavy atom. The van der Waals surface area contributed by atoms with Crippen LogP contribution < -0.4 is 5.32 Å². The molecule has 0 bridgehead atoms. The minimum Gasteiger partial charge on any atom is -0.381 e. The van der Waals surface area contributed by atoms with Crippen molar-refractivity contribution in [3.63, 3.8) is 0 Å². The highest BCUT2D eigenvalue weighted by molar-refractivity contribution is 7.10. The van der Waals surface area contributed by atoms with Gasteiger partial charge in [0.1, 0.15) is 0 Å². The fraction of sp³-hybridized carbons (Fsp3) is 0.636. The van der Waals surface area contributed by atoms with Gasteiger partial charge < -0.3 is 10.1 Å². The summed E-state index contributed by atoms with van der Waals surface area (Å²) in [5.41, 5.74) is 3.01. The average Bonchev–Trinajstić information content (AvgIpc) is 2.76. The van der Waals surface area contributed by atoms with Crippen LogP contribution in [0.15, 0.2) is 5.38 Å². The molecule has 1 atom stereocenters. The first-order chi connectivity index (χ1) is 6.83. The van der Waals surface area contributed by atoms with Crippen LogP contribution in [0.2, 0.25) is 0 Å². The summed E-state index contributed by atoms with van der Waals surface area (Å²) in [6, 6.07) is 0. The molecule has 0 spiro atoms. The van der Waals surface area contributed by atoms with E-state index >= 15 is 0 Å². The van der Waals surface area contributed by atoms with E-state index in [1.165, 1.54) is 16.9 Å². The van der Waals surface area contributed by atoms with Gasteiger partial charge in [-0.2, -0.15) is 0 Å². The van der Waals surface area contributed by atoms with Crippen LogP contribution in [0.5, 0.6) is 0 Å². The quantitative estimate of drug-likeness (QED) is 0.828. The third kappa shape index (κ3) is 1.85. The van der Waals surface area contributed by atoms with Crippen LogP contribution in [0.25, 0.3) is 0 Å². The summed E-state index contributed by atoms with van der Waals surface area (Å²) in [6.07, 6.45) is 1.19. The molecule has 78 valence electrons. The highest BCUT2D eigenvalue weighted by atomic mass is 32.1. The minimum atomic E-state index is 0.643. The maximum Gasteiger partial charge on any atom is 0.0536 e. The Balaban J connectivity index is 2.24. The third-order valence-electron chi connectivity index (χ3n) is 2.81. The monoisotopic (exact) mass is 211 g/mol. The topological polar surface area (TPSA) is 21.3 Å². The van der Waals surface area contributed by atoms with Gasteiger partial charge in [-0.3, -0.25) is 0 Å². The van der Waals surface area contributed by atoms with Crippen molar-refractivity contribution in [1.82, 2.24) is 5.32 Å². The Labute approximate surface area is 89.3 Å². The molecule has 0 aliphatic carbocycles. The Bertz CT molecular complexity index is 302. The van der Waals surface area contributed by atoms with Crippen LogP contribution in [0.3, 0.4) is 0 Å². The molecule has 1 unspecified atom stereocenters. The summed E-state index contributed by atoms with van der Waals surface area (Å²) in [5, 5.41) is 5.50. The predicted octanol–water partition coefficient (Wildman–Crippen LogP) is 2.28. The molecule has 1 aliphatic heterocycles. The second-order valence-electron chi connectivity index (χ2n) is 3.82. The van der Waals surface area contributed by atoms with Crippen molar-refractivity contribution < 1.29 is 4.74 Å². The van der Waals surface area contributed by atoms with Gasteiger partial charge in [0.25, 0.3) is 0 Å². The Hall–Kier alpha value is -0.380. The van der Waals surface area contributed by atoms with Crippen molar-refractivity contribution in [2.75, 3.05) is 20.3 Å². The van der Waals surface area contributed by atoms with E-state index in [9.17, 15) is 0 Å². The summed E-state index contributed by atoms with van der Waals surface area (Å²) in [5.74, 6) is 0.643. The molecule has 2 heterocycles. The van der Waals surface area contributed by atoms with Crippen LogP contribution in [-0.4, -0.2) is 20.3 Å². The van der Waals surface area contributed by atoms with Crippen LogP contribution in [-0.2, 0) is 11.3 Å². The lowest BCUT2D eigenvalue weighted by Crippen LogP contribution is -2.09. The summed E-state index contributed by atoms with van der Waals surface area (Å²) in [6.45, 7) is 5.04. The molecule has 0 aromatic carbocycles. The second-order valence-corrected chi connectivity index (χ2v) is 4.91. The lowest BCUT2D eigenvalue weighted by Gasteiger charge is -2.11. The van der Waals surface area contributed by atoms with Gasteiger partial charge >= 0.3 is 0 Å². The molecule has 1 aromatic heterocycles. The molecule has 1 fully saturated rings. The molecule has 1 N–H and O–H groups in total. The van der Waals surface area contributed by atoms with Gasteiger partial charge in [0.2, 0.25) is 0 Å². The smallest absolute Gasteiger partial charge is 0.0536 e. The van der Waals surface area contributed by atoms with Gasteiger partial charge in [-0.1, -0.05) is 0 Å². The fourth-order valence-electron chi connectivity index (χ4n) is 2.15. The molecule has 2 rings (SSSR count). The normalized spacial score (nSPS) is 21.7. The van der Waals surface area contributed by atoms with Gasteiger partial charge in [0.15, 0.2) is 0 Å². The molecular formula is C11H17NOS. The molecule has 1 aliphatic rings. The molecule has 0 radical (unpaired) electrons. The second kappa shape index (κ2) is 4.43. The first-order valence-corrected chi connectivity index (χ1v) is 6.00. The lowest BCUT2D eigenvalue weighted by atomic mass is 9.95. The number of ether oxygens (including phenoxy) is 1. The third-order valence-corrected chi connectivity index (χ3v) is 3.78. The number of hydrogen-bond donors (Lipinski definition) is 1. The van der Waals surface area contributed by atoms with Crippen molar-refractivity contribution in [2.24, 2.45) is 0 Å². The fourth-order valence-corrected chi connectivity index (χ4v) is 3.11. The zero-order chi connectivity index (χ0) is 9.97. The van der Waals surface area contributed by atoms with Gasteiger partial charge in [0, 0.05) is 23.9 Å². The minimum absolute atomic E-state index is 0.643. The summed E-state index contributed by atoms with van der Waals surface area (Å²) in [7, 11) is 2.00. The Morgan fingerprint density at radius 2 is 2.50 bits per heavy atom. The van der Waals surface area contributed by atoms with E-state index in [2.05, 4.69) is 17.6 Å². The molecular weight excluding hydrogens is 194 g/mol. The van der Waals surface area contributed by atoms with E-state index in [0.29, 0.717) is 5.92 Å². The summed E-state index contributed by atoms with van der Waals surface area (Å²) < 4.78 is 5.45. The number of aryl methyl sites for hydroxylation is 1. The molecule has 1 saturated heterocycles. The zero-order valence-electron chi connectivity index (χ0n) is 8.80.